The van der Waals surface area contributed by atoms with Crippen molar-refractivity contribution in [3.05, 3.63) is 29.8 Å². The van der Waals surface area contributed by atoms with Crippen LogP contribution in [0.5, 0.6) is 5.75 Å². The first-order chi connectivity index (χ1) is 7.99. The van der Waals surface area contributed by atoms with Crippen LogP contribution in [-0.2, 0) is 16.0 Å². The molecule has 3 nitrogen and oxygen atoms in total. The lowest BCUT2D eigenvalue weighted by Gasteiger charge is -2.16. The van der Waals surface area contributed by atoms with Gasteiger partial charge >= 0.3 is 12.1 Å². The van der Waals surface area contributed by atoms with Crippen molar-refractivity contribution < 1.29 is 23.0 Å². The highest BCUT2D eigenvalue weighted by Gasteiger charge is 2.44. The monoisotopic (exact) mass is 244 g/mol. The zero-order valence-electron chi connectivity index (χ0n) is 9.70. The molecule has 0 radical (unpaired) electrons. The van der Waals surface area contributed by atoms with E-state index in [1.807, 2.05) is 6.92 Å². The molecule has 0 aliphatic rings. The lowest BCUT2D eigenvalue weighted by molar-refractivity contribution is -0.216. The smallest absolute Gasteiger partial charge is 0.459 e. The molecular formula is C12H14F2O3. The number of hydrogen-bond acceptors (Lipinski definition) is 3. The van der Waals surface area contributed by atoms with Gasteiger partial charge in [0, 0.05) is 0 Å². The van der Waals surface area contributed by atoms with Crippen molar-refractivity contribution in [2.75, 3.05) is 6.61 Å². The number of carbonyl (C=O) groups excluding carboxylic acids is 1. The summed E-state index contributed by atoms with van der Waals surface area (Å²) < 4.78 is 35.0. The molecule has 0 atom stereocenters. The largest absolute Gasteiger partial charge is 0.502 e. The predicted octanol–water partition coefficient (Wildman–Crippen LogP) is 2.78. The van der Waals surface area contributed by atoms with Gasteiger partial charge in [0.1, 0.15) is 5.75 Å². The van der Waals surface area contributed by atoms with Gasteiger partial charge in [-0.05, 0) is 31.0 Å². The van der Waals surface area contributed by atoms with Crippen molar-refractivity contribution in [3.8, 4) is 5.75 Å². The number of alkyl halides is 2. The molecule has 1 aromatic carbocycles. The average molecular weight is 244 g/mol. The third kappa shape index (κ3) is 3.69. The minimum Gasteiger partial charge on any atom is -0.459 e. The molecule has 0 spiro atoms. The summed E-state index contributed by atoms with van der Waals surface area (Å²) in [5.74, 6) is -1.73. The fraction of sp³-hybridized carbons (Fsp3) is 0.417. The third-order valence-electron chi connectivity index (χ3n) is 2.07. The Morgan fingerprint density at radius 1 is 1.35 bits per heavy atom. The molecule has 1 rings (SSSR count). The molecule has 0 bridgehead atoms. The molecule has 17 heavy (non-hydrogen) atoms. The summed E-state index contributed by atoms with van der Waals surface area (Å²) in [5, 5.41) is 0. The molecule has 5 heteroatoms. The second-order valence-corrected chi connectivity index (χ2v) is 3.34. The second kappa shape index (κ2) is 5.61. The van der Waals surface area contributed by atoms with E-state index < -0.39 is 12.1 Å². The topological polar surface area (TPSA) is 35.5 Å². The zero-order valence-corrected chi connectivity index (χ0v) is 9.70. The number of carbonyl (C=O) groups is 1. The van der Waals surface area contributed by atoms with Gasteiger partial charge in [0.15, 0.2) is 0 Å². The highest BCUT2D eigenvalue weighted by molar-refractivity contribution is 5.76. The second-order valence-electron chi connectivity index (χ2n) is 3.34. The van der Waals surface area contributed by atoms with Crippen molar-refractivity contribution >= 4 is 5.97 Å². The summed E-state index contributed by atoms with van der Waals surface area (Å²) >= 11 is 0. The molecule has 0 fully saturated rings. The molecular weight excluding hydrogens is 230 g/mol. The Labute approximate surface area is 98.3 Å². The molecule has 0 saturated carbocycles. The van der Waals surface area contributed by atoms with Crippen molar-refractivity contribution in [3.63, 3.8) is 0 Å². The lowest BCUT2D eigenvalue weighted by Crippen LogP contribution is -2.36. The maximum absolute atomic E-state index is 13.2. The van der Waals surface area contributed by atoms with E-state index >= 15 is 0 Å². The number of ether oxygens (including phenoxy) is 2. The fourth-order valence-electron chi connectivity index (χ4n) is 1.23. The van der Waals surface area contributed by atoms with Crippen molar-refractivity contribution in [2.45, 2.75) is 26.4 Å². The SMILES string of the molecule is CCOC(=O)C(F)(F)Oc1cccc(CC)c1. The molecule has 1 aromatic rings. The van der Waals surface area contributed by atoms with Crippen LogP contribution in [0.4, 0.5) is 8.78 Å². The van der Waals surface area contributed by atoms with Crippen LogP contribution < -0.4 is 4.74 Å². The average Bonchev–Trinajstić information content (AvgIpc) is 2.29. The lowest BCUT2D eigenvalue weighted by atomic mass is 10.2. The maximum atomic E-state index is 13.2. The summed E-state index contributed by atoms with van der Waals surface area (Å²) in [6.07, 6.45) is -3.26. The van der Waals surface area contributed by atoms with Crippen LogP contribution in [0.25, 0.3) is 0 Å². The Hall–Kier alpha value is -1.65. The highest BCUT2D eigenvalue weighted by atomic mass is 19.3. The van der Waals surface area contributed by atoms with E-state index in [-0.39, 0.29) is 12.4 Å². The van der Waals surface area contributed by atoms with E-state index in [2.05, 4.69) is 9.47 Å². The van der Waals surface area contributed by atoms with Gasteiger partial charge in [0.25, 0.3) is 0 Å². The zero-order chi connectivity index (χ0) is 12.9. The van der Waals surface area contributed by atoms with Crippen LogP contribution in [0, 0.1) is 0 Å². The van der Waals surface area contributed by atoms with E-state index in [0.717, 1.165) is 5.56 Å². The first kappa shape index (κ1) is 13.4. The van der Waals surface area contributed by atoms with E-state index in [4.69, 9.17) is 0 Å². The van der Waals surface area contributed by atoms with E-state index in [9.17, 15) is 13.6 Å². The minimum absolute atomic E-state index is 0.0533. The highest BCUT2D eigenvalue weighted by Crippen LogP contribution is 2.23. The normalized spacial score (nSPS) is 11.1. The quantitative estimate of drug-likeness (QED) is 0.747. The Bertz CT molecular complexity index is 391. The molecule has 0 unspecified atom stereocenters. The molecule has 0 saturated heterocycles. The van der Waals surface area contributed by atoms with Gasteiger partial charge in [-0.25, -0.2) is 4.79 Å². The fourth-order valence-corrected chi connectivity index (χ4v) is 1.23. The number of rotatable bonds is 5. The van der Waals surface area contributed by atoms with Crippen LogP contribution in [0.2, 0.25) is 0 Å². The van der Waals surface area contributed by atoms with E-state index in [1.165, 1.54) is 19.1 Å². The van der Waals surface area contributed by atoms with E-state index in [1.54, 1.807) is 12.1 Å². The van der Waals surface area contributed by atoms with Crippen LogP contribution >= 0.6 is 0 Å². The van der Waals surface area contributed by atoms with Crippen molar-refractivity contribution in [1.29, 1.82) is 0 Å². The summed E-state index contributed by atoms with van der Waals surface area (Å²) in [7, 11) is 0. The molecule has 0 amide bonds. The third-order valence-corrected chi connectivity index (χ3v) is 2.07. The van der Waals surface area contributed by atoms with Crippen LogP contribution in [0.1, 0.15) is 19.4 Å². The number of benzene rings is 1. The summed E-state index contributed by atoms with van der Waals surface area (Å²) in [4.78, 5) is 10.9. The predicted molar refractivity (Wildman–Crippen MR) is 58.0 cm³/mol. The van der Waals surface area contributed by atoms with Crippen LogP contribution in [-0.4, -0.2) is 18.7 Å². The van der Waals surface area contributed by atoms with Gasteiger partial charge in [0.2, 0.25) is 0 Å². The molecule has 0 N–H and O–H groups in total. The summed E-state index contributed by atoms with van der Waals surface area (Å²) in [6, 6.07) is 6.21. The summed E-state index contributed by atoms with van der Waals surface area (Å²) in [5.41, 5.74) is 0.849. The summed E-state index contributed by atoms with van der Waals surface area (Å²) in [6.45, 7) is 3.22. The Kier molecular flexibility index (Phi) is 4.43. The van der Waals surface area contributed by atoms with Gasteiger partial charge in [-0.1, -0.05) is 19.1 Å². The van der Waals surface area contributed by atoms with Gasteiger partial charge in [-0.15, -0.1) is 0 Å². The Morgan fingerprint density at radius 3 is 2.65 bits per heavy atom. The van der Waals surface area contributed by atoms with E-state index in [0.29, 0.717) is 6.42 Å². The van der Waals surface area contributed by atoms with Gasteiger partial charge in [-0.2, -0.15) is 8.78 Å². The number of esters is 1. The van der Waals surface area contributed by atoms with Crippen LogP contribution in [0.3, 0.4) is 0 Å². The van der Waals surface area contributed by atoms with Crippen molar-refractivity contribution in [1.82, 2.24) is 0 Å². The Morgan fingerprint density at radius 2 is 2.06 bits per heavy atom. The molecule has 94 valence electrons. The molecule has 0 aliphatic carbocycles. The van der Waals surface area contributed by atoms with Gasteiger partial charge in [0.05, 0.1) is 6.61 Å². The van der Waals surface area contributed by atoms with Gasteiger partial charge in [-0.3, -0.25) is 0 Å². The number of aryl methyl sites for hydroxylation is 1. The van der Waals surface area contributed by atoms with Crippen LogP contribution in [0.15, 0.2) is 24.3 Å². The first-order valence-electron chi connectivity index (χ1n) is 5.32. The standard InChI is InChI=1S/C12H14F2O3/c1-3-9-6-5-7-10(8-9)17-12(13,14)11(15)16-4-2/h5-8H,3-4H2,1-2H3. The number of halogens is 2. The van der Waals surface area contributed by atoms with Crippen molar-refractivity contribution in [2.24, 2.45) is 0 Å². The number of hydrogen-bond donors (Lipinski definition) is 0. The maximum Gasteiger partial charge on any atom is 0.502 e. The molecule has 0 aliphatic heterocycles. The van der Waals surface area contributed by atoms with Gasteiger partial charge < -0.3 is 9.47 Å². The molecule has 0 aromatic heterocycles. The Balaban J connectivity index is 2.78. The minimum atomic E-state index is -3.96. The molecule has 0 heterocycles. The first-order valence-corrected chi connectivity index (χ1v) is 5.32.